The van der Waals surface area contributed by atoms with Crippen molar-refractivity contribution in [3.05, 3.63) is 0 Å². The van der Waals surface area contributed by atoms with Gasteiger partial charge < -0.3 is 20.0 Å². The van der Waals surface area contributed by atoms with Crippen molar-refractivity contribution in [1.29, 1.82) is 0 Å². The van der Waals surface area contributed by atoms with Gasteiger partial charge >= 0.3 is 6.03 Å². The van der Waals surface area contributed by atoms with Crippen LogP contribution in [-0.2, 0) is 0 Å². The number of rotatable bonds is 6. The molecule has 2 aliphatic rings. The normalized spacial score (nSPS) is 26.9. The molecule has 1 saturated heterocycles. The number of urea groups is 1. The molecule has 1 aliphatic heterocycles. The van der Waals surface area contributed by atoms with Crippen LogP contribution in [0, 0.1) is 11.8 Å². The quantitative estimate of drug-likeness (QED) is 0.813. The molecule has 1 aliphatic carbocycles. The van der Waals surface area contributed by atoms with Crippen LogP contribution in [0.4, 0.5) is 4.79 Å². The van der Waals surface area contributed by atoms with E-state index < -0.39 is 0 Å². The van der Waals surface area contributed by atoms with Crippen LogP contribution in [-0.4, -0.2) is 80.6 Å². The average Bonchev–Trinajstić information content (AvgIpc) is 2.55. The molecule has 0 aromatic heterocycles. The van der Waals surface area contributed by atoms with E-state index in [2.05, 4.69) is 29.1 Å². The lowest BCUT2D eigenvalue weighted by Gasteiger charge is -2.32. The molecule has 0 aromatic rings. The largest absolute Gasteiger partial charge is 0.338 e. The summed E-state index contributed by atoms with van der Waals surface area (Å²) in [4.78, 5) is 18.9. The molecular formula is C18H36N4O. The van der Waals surface area contributed by atoms with E-state index >= 15 is 0 Å². The molecule has 0 bridgehead atoms. The van der Waals surface area contributed by atoms with Crippen LogP contribution < -0.4 is 5.32 Å². The predicted octanol–water partition coefficient (Wildman–Crippen LogP) is 2.09. The Bertz CT molecular complexity index is 355. The van der Waals surface area contributed by atoms with E-state index in [4.69, 9.17) is 0 Å². The highest BCUT2D eigenvalue weighted by Gasteiger charge is 2.22. The number of likely N-dealkylation sites (N-methyl/N-ethyl adjacent to an activating group) is 1. The molecular weight excluding hydrogens is 288 g/mol. The van der Waals surface area contributed by atoms with Crippen molar-refractivity contribution in [3.63, 3.8) is 0 Å². The van der Waals surface area contributed by atoms with Gasteiger partial charge in [-0.25, -0.2) is 4.79 Å². The van der Waals surface area contributed by atoms with Crippen LogP contribution in [0.1, 0.15) is 39.0 Å². The number of carbonyl (C=O) groups excluding carboxylic acids is 1. The Morgan fingerprint density at radius 2 is 1.87 bits per heavy atom. The third-order valence-corrected chi connectivity index (χ3v) is 5.72. The first-order valence-electron chi connectivity index (χ1n) is 9.46. The SMILES string of the molecule is C[C@H]1CCCC[C@@H]1CNC(=O)N(C)CCCN1CCN(C)CC1. The smallest absolute Gasteiger partial charge is 0.317 e. The maximum Gasteiger partial charge on any atom is 0.317 e. The van der Waals surface area contributed by atoms with Gasteiger partial charge in [0.2, 0.25) is 0 Å². The van der Waals surface area contributed by atoms with Gasteiger partial charge in [-0.15, -0.1) is 0 Å². The number of carbonyl (C=O) groups is 1. The van der Waals surface area contributed by atoms with Crippen molar-refractivity contribution in [1.82, 2.24) is 20.0 Å². The van der Waals surface area contributed by atoms with Gasteiger partial charge in [0, 0.05) is 46.3 Å². The van der Waals surface area contributed by atoms with Crippen molar-refractivity contribution in [2.24, 2.45) is 11.8 Å². The first-order chi connectivity index (χ1) is 11.1. The molecule has 1 heterocycles. The predicted molar refractivity (Wildman–Crippen MR) is 95.7 cm³/mol. The Morgan fingerprint density at radius 1 is 1.17 bits per heavy atom. The average molecular weight is 325 g/mol. The molecule has 0 aromatic carbocycles. The van der Waals surface area contributed by atoms with Gasteiger partial charge in [0.15, 0.2) is 0 Å². The van der Waals surface area contributed by atoms with Gasteiger partial charge in [0.1, 0.15) is 0 Å². The van der Waals surface area contributed by atoms with Gasteiger partial charge in [-0.2, -0.15) is 0 Å². The summed E-state index contributed by atoms with van der Waals surface area (Å²) in [5.41, 5.74) is 0. The van der Waals surface area contributed by atoms with Gasteiger partial charge in [0.25, 0.3) is 0 Å². The number of nitrogens with zero attached hydrogens (tertiary/aromatic N) is 3. The lowest BCUT2D eigenvalue weighted by atomic mass is 9.80. The maximum absolute atomic E-state index is 12.2. The first-order valence-corrected chi connectivity index (χ1v) is 9.46. The van der Waals surface area contributed by atoms with Crippen LogP contribution >= 0.6 is 0 Å². The zero-order valence-corrected chi connectivity index (χ0v) is 15.4. The molecule has 2 amide bonds. The van der Waals surface area contributed by atoms with Gasteiger partial charge in [-0.05, 0) is 38.3 Å². The lowest BCUT2D eigenvalue weighted by molar-refractivity contribution is 0.148. The number of amides is 2. The molecule has 23 heavy (non-hydrogen) atoms. The van der Waals surface area contributed by atoms with Crippen LogP contribution in [0.15, 0.2) is 0 Å². The number of nitrogens with one attached hydrogen (secondary N) is 1. The van der Waals surface area contributed by atoms with Crippen LogP contribution in [0.25, 0.3) is 0 Å². The molecule has 2 fully saturated rings. The molecule has 2 rings (SSSR count). The van der Waals surface area contributed by atoms with Gasteiger partial charge in [-0.3, -0.25) is 0 Å². The molecule has 1 saturated carbocycles. The summed E-state index contributed by atoms with van der Waals surface area (Å²) >= 11 is 0. The first kappa shape index (κ1) is 18.5. The monoisotopic (exact) mass is 324 g/mol. The Balaban J connectivity index is 1.57. The zero-order valence-electron chi connectivity index (χ0n) is 15.4. The van der Waals surface area contributed by atoms with E-state index in [9.17, 15) is 4.79 Å². The van der Waals surface area contributed by atoms with E-state index in [1.54, 1.807) is 0 Å². The second-order valence-corrected chi connectivity index (χ2v) is 7.63. The Hall–Kier alpha value is -0.810. The molecule has 5 nitrogen and oxygen atoms in total. The van der Waals surface area contributed by atoms with E-state index in [1.807, 2.05) is 11.9 Å². The standard InChI is InChI=1S/C18H36N4O/c1-16-7-4-5-8-17(16)15-19-18(23)21(3)9-6-10-22-13-11-20(2)12-14-22/h16-17H,4-15H2,1-3H3,(H,19,23)/t16-,17+/m0/s1. The molecule has 0 spiro atoms. The Labute approximate surface area is 142 Å². The Morgan fingerprint density at radius 3 is 2.57 bits per heavy atom. The summed E-state index contributed by atoms with van der Waals surface area (Å²) in [5.74, 6) is 1.43. The molecule has 0 unspecified atom stereocenters. The van der Waals surface area contributed by atoms with Crippen molar-refractivity contribution in [3.8, 4) is 0 Å². The van der Waals surface area contributed by atoms with Gasteiger partial charge in [-0.1, -0.05) is 26.2 Å². The van der Waals surface area contributed by atoms with Crippen LogP contribution in [0.2, 0.25) is 0 Å². The summed E-state index contributed by atoms with van der Waals surface area (Å²) < 4.78 is 0. The highest BCUT2D eigenvalue weighted by atomic mass is 16.2. The summed E-state index contributed by atoms with van der Waals surface area (Å²) in [6.07, 6.45) is 6.34. The molecule has 0 radical (unpaired) electrons. The molecule has 5 heteroatoms. The summed E-state index contributed by atoms with van der Waals surface area (Å²) in [5, 5.41) is 3.14. The second kappa shape index (κ2) is 9.48. The number of hydrogen-bond donors (Lipinski definition) is 1. The minimum Gasteiger partial charge on any atom is -0.338 e. The second-order valence-electron chi connectivity index (χ2n) is 7.63. The minimum atomic E-state index is 0.0983. The molecule has 1 N–H and O–H groups in total. The lowest BCUT2D eigenvalue weighted by Crippen LogP contribution is -2.46. The topological polar surface area (TPSA) is 38.8 Å². The van der Waals surface area contributed by atoms with Gasteiger partial charge in [0.05, 0.1) is 0 Å². The van der Waals surface area contributed by atoms with Crippen LogP contribution in [0.3, 0.4) is 0 Å². The van der Waals surface area contributed by atoms with Crippen molar-refractivity contribution in [2.45, 2.75) is 39.0 Å². The number of piperazine rings is 1. The highest BCUT2D eigenvalue weighted by molar-refractivity contribution is 5.73. The third-order valence-electron chi connectivity index (χ3n) is 5.72. The van der Waals surface area contributed by atoms with Crippen molar-refractivity contribution in [2.75, 3.05) is 59.9 Å². The van der Waals surface area contributed by atoms with E-state index in [0.29, 0.717) is 5.92 Å². The fourth-order valence-corrected chi connectivity index (χ4v) is 3.75. The Kier molecular flexibility index (Phi) is 7.63. The number of hydrogen-bond acceptors (Lipinski definition) is 3. The third kappa shape index (κ3) is 6.30. The summed E-state index contributed by atoms with van der Waals surface area (Å²) in [6, 6.07) is 0.0983. The summed E-state index contributed by atoms with van der Waals surface area (Å²) in [7, 11) is 4.10. The maximum atomic E-state index is 12.2. The fourth-order valence-electron chi connectivity index (χ4n) is 3.75. The highest BCUT2D eigenvalue weighted by Crippen LogP contribution is 2.28. The fraction of sp³-hybridized carbons (Fsp3) is 0.944. The van der Waals surface area contributed by atoms with Crippen molar-refractivity contribution >= 4 is 6.03 Å². The molecule has 134 valence electrons. The van der Waals surface area contributed by atoms with E-state index in [1.165, 1.54) is 25.7 Å². The molecule has 2 atom stereocenters. The minimum absolute atomic E-state index is 0.0983. The van der Waals surface area contributed by atoms with E-state index in [-0.39, 0.29) is 6.03 Å². The van der Waals surface area contributed by atoms with E-state index in [0.717, 1.165) is 58.2 Å². The zero-order chi connectivity index (χ0) is 16.7. The van der Waals surface area contributed by atoms with Crippen molar-refractivity contribution < 1.29 is 4.79 Å². The summed E-state index contributed by atoms with van der Waals surface area (Å²) in [6.45, 7) is 9.77. The van der Waals surface area contributed by atoms with Crippen LogP contribution in [0.5, 0.6) is 0 Å².